The Bertz CT molecular complexity index is 1040. The largest absolute Gasteiger partial charge is 0.490 e. The second kappa shape index (κ2) is 11.9. The van der Waals surface area contributed by atoms with Gasteiger partial charge in [0.15, 0.2) is 6.10 Å². The monoisotopic (exact) mass is 444 g/mol. The van der Waals surface area contributed by atoms with Crippen molar-refractivity contribution in [1.29, 1.82) is 0 Å². The standard InChI is InChI=1S/C29H32O4/c1-5-31-29(30)28(21(2)3)33-27-17-15-26(16-18-27)32-20-19-22(4)23-11-13-25(14-12-23)24-9-7-6-8-10-24/h6-19,21,28H,5,20H2,1-4H3/b22-19+. The molecule has 0 aliphatic rings. The van der Waals surface area contributed by atoms with Gasteiger partial charge in [0, 0.05) is 5.92 Å². The summed E-state index contributed by atoms with van der Waals surface area (Å²) in [6.07, 6.45) is 1.44. The van der Waals surface area contributed by atoms with Crippen LogP contribution in [-0.2, 0) is 9.53 Å². The lowest BCUT2D eigenvalue weighted by Crippen LogP contribution is -2.34. The molecule has 3 rings (SSSR count). The van der Waals surface area contributed by atoms with Crippen molar-refractivity contribution < 1.29 is 19.0 Å². The molecule has 33 heavy (non-hydrogen) atoms. The van der Waals surface area contributed by atoms with Crippen LogP contribution in [0.4, 0.5) is 0 Å². The van der Waals surface area contributed by atoms with Crippen LogP contribution in [0.3, 0.4) is 0 Å². The summed E-state index contributed by atoms with van der Waals surface area (Å²) >= 11 is 0. The SMILES string of the molecule is CCOC(=O)C(Oc1ccc(OC/C=C(\C)c2ccc(-c3ccccc3)cc2)cc1)C(C)C. The fourth-order valence-corrected chi connectivity index (χ4v) is 3.38. The van der Waals surface area contributed by atoms with Crippen LogP contribution in [0.15, 0.2) is 84.9 Å². The van der Waals surface area contributed by atoms with Gasteiger partial charge < -0.3 is 14.2 Å². The van der Waals surface area contributed by atoms with Crippen molar-refractivity contribution in [2.75, 3.05) is 13.2 Å². The molecule has 0 aliphatic heterocycles. The highest BCUT2D eigenvalue weighted by Crippen LogP contribution is 2.23. The Labute approximate surface area is 196 Å². The van der Waals surface area contributed by atoms with Gasteiger partial charge in [0.2, 0.25) is 0 Å². The van der Waals surface area contributed by atoms with E-state index >= 15 is 0 Å². The third-order valence-electron chi connectivity index (χ3n) is 5.30. The molecule has 0 aliphatic carbocycles. The van der Waals surface area contributed by atoms with E-state index in [1.54, 1.807) is 6.92 Å². The Balaban J connectivity index is 1.55. The Morgan fingerprint density at radius 1 is 0.848 bits per heavy atom. The smallest absolute Gasteiger partial charge is 0.347 e. The summed E-state index contributed by atoms with van der Waals surface area (Å²) in [6.45, 7) is 8.54. The fourth-order valence-electron chi connectivity index (χ4n) is 3.38. The molecule has 0 fully saturated rings. The van der Waals surface area contributed by atoms with Crippen molar-refractivity contribution in [1.82, 2.24) is 0 Å². The molecule has 172 valence electrons. The number of carbonyl (C=O) groups excluding carboxylic acids is 1. The number of benzene rings is 3. The highest BCUT2D eigenvalue weighted by atomic mass is 16.6. The van der Waals surface area contributed by atoms with Gasteiger partial charge >= 0.3 is 5.97 Å². The molecule has 0 saturated carbocycles. The average molecular weight is 445 g/mol. The van der Waals surface area contributed by atoms with Gasteiger partial charge in [-0.25, -0.2) is 4.79 Å². The summed E-state index contributed by atoms with van der Waals surface area (Å²) in [6, 6.07) is 26.2. The van der Waals surface area contributed by atoms with Gasteiger partial charge in [-0.15, -0.1) is 0 Å². The van der Waals surface area contributed by atoms with E-state index in [1.165, 1.54) is 16.7 Å². The first-order chi connectivity index (χ1) is 16.0. The van der Waals surface area contributed by atoms with Crippen LogP contribution in [0.25, 0.3) is 16.7 Å². The van der Waals surface area contributed by atoms with Crippen LogP contribution in [0.1, 0.15) is 33.3 Å². The van der Waals surface area contributed by atoms with E-state index in [-0.39, 0.29) is 11.9 Å². The molecule has 0 heterocycles. The Morgan fingerprint density at radius 2 is 1.45 bits per heavy atom. The average Bonchev–Trinajstić information content (AvgIpc) is 2.84. The van der Waals surface area contributed by atoms with Crippen LogP contribution in [0.2, 0.25) is 0 Å². The van der Waals surface area contributed by atoms with Crippen LogP contribution in [0.5, 0.6) is 11.5 Å². The molecule has 0 N–H and O–H groups in total. The minimum atomic E-state index is -0.629. The van der Waals surface area contributed by atoms with Crippen molar-refractivity contribution in [2.24, 2.45) is 5.92 Å². The topological polar surface area (TPSA) is 44.8 Å². The molecule has 4 heteroatoms. The van der Waals surface area contributed by atoms with Crippen molar-refractivity contribution in [3.63, 3.8) is 0 Å². The highest BCUT2D eigenvalue weighted by molar-refractivity contribution is 5.75. The minimum absolute atomic E-state index is 0.00912. The molecule has 0 amide bonds. The number of esters is 1. The molecule has 0 radical (unpaired) electrons. The van der Waals surface area contributed by atoms with E-state index < -0.39 is 6.10 Å². The van der Waals surface area contributed by atoms with E-state index in [0.29, 0.717) is 19.0 Å². The first-order valence-corrected chi connectivity index (χ1v) is 11.4. The molecule has 1 unspecified atom stereocenters. The van der Waals surface area contributed by atoms with Gasteiger partial charge in [0.05, 0.1) is 6.61 Å². The van der Waals surface area contributed by atoms with Gasteiger partial charge in [-0.05, 0) is 66.5 Å². The third kappa shape index (κ3) is 6.98. The van der Waals surface area contributed by atoms with Crippen molar-refractivity contribution in [3.8, 4) is 22.6 Å². The van der Waals surface area contributed by atoms with E-state index in [0.717, 1.165) is 11.3 Å². The van der Waals surface area contributed by atoms with Gasteiger partial charge in [0.25, 0.3) is 0 Å². The molecule has 0 bridgehead atoms. The molecule has 3 aromatic rings. The van der Waals surface area contributed by atoms with Crippen LogP contribution < -0.4 is 9.47 Å². The van der Waals surface area contributed by atoms with E-state index in [2.05, 4.69) is 49.4 Å². The number of allylic oxidation sites excluding steroid dienone is 1. The minimum Gasteiger partial charge on any atom is -0.490 e. The molecule has 1 atom stereocenters. The fraction of sp³-hybridized carbons (Fsp3) is 0.276. The Kier molecular flexibility index (Phi) is 8.71. The Hall–Kier alpha value is -3.53. The van der Waals surface area contributed by atoms with Gasteiger partial charge in [-0.3, -0.25) is 0 Å². The van der Waals surface area contributed by atoms with E-state index in [1.807, 2.05) is 56.3 Å². The lowest BCUT2D eigenvalue weighted by Gasteiger charge is -2.20. The molecule has 0 spiro atoms. The van der Waals surface area contributed by atoms with Gasteiger partial charge in [-0.2, -0.15) is 0 Å². The maximum absolute atomic E-state index is 12.1. The third-order valence-corrected chi connectivity index (χ3v) is 5.30. The number of hydrogen-bond donors (Lipinski definition) is 0. The Morgan fingerprint density at radius 3 is 2.06 bits per heavy atom. The zero-order valence-corrected chi connectivity index (χ0v) is 19.8. The predicted molar refractivity (Wildman–Crippen MR) is 133 cm³/mol. The van der Waals surface area contributed by atoms with Crippen LogP contribution in [0, 0.1) is 5.92 Å². The summed E-state index contributed by atoms with van der Waals surface area (Å²) in [5, 5.41) is 0. The summed E-state index contributed by atoms with van der Waals surface area (Å²) in [7, 11) is 0. The maximum atomic E-state index is 12.1. The normalized spacial score (nSPS) is 12.3. The summed E-state index contributed by atoms with van der Waals surface area (Å²) in [5.41, 5.74) is 4.74. The van der Waals surface area contributed by atoms with Gasteiger partial charge in [0.1, 0.15) is 18.1 Å². The van der Waals surface area contributed by atoms with Crippen LogP contribution >= 0.6 is 0 Å². The van der Waals surface area contributed by atoms with Gasteiger partial charge in [-0.1, -0.05) is 68.4 Å². The molecule has 4 nitrogen and oxygen atoms in total. The summed E-state index contributed by atoms with van der Waals surface area (Å²) in [5.74, 6) is 1.02. The second-order valence-electron chi connectivity index (χ2n) is 8.15. The molecule has 0 aromatic heterocycles. The molecule has 0 saturated heterocycles. The number of carbonyl (C=O) groups is 1. The predicted octanol–water partition coefficient (Wildman–Crippen LogP) is 6.80. The maximum Gasteiger partial charge on any atom is 0.347 e. The lowest BCUT2D eigenvalue weighted by molar-refractivity contribution is -0.153. The zero-order chi connectivity index (χ0) is 23.6. The van der Waals surface area contributed by atoms with Crippen molar-refractivity contribution in [3.05, 3.63) is 90.5 Å². The zero-order valence-electron chi connectivity index (χ0n) is 19.8. The number of rotatable bonds is 10. The summed E-state index contributed by atoms with van der Waals surface area (Å²) < 4.78 is 16.8. The first-order valence-electron chi connectivity index (χ1n) is 11.4. The molecule has 3 aromatic carbocycles. The number of ether oxygens (including phenoxy) is 3. The molecular weight excluding hydrogens is 412 g/mol. The quantitative estimate of drug-likeness (QED) is 0.323. The van der Waals surface area contributed by atoms with Crippen molar-refractivity contribution >= 4 is 11.5 Å². The van der Waals surface area contributed by atoms with Crippen LogP contribution in [-0.4, -0.2) is 25.3 Å². The number of hydrogen-bond acceptors (Lipinski definition) is 4. The molecular formula is C29H32O4. The lowest BCUT2D eigenvalue weighted by atomic mass is 10.0. The van der Waals surface area contributed by atoms with Crippen molar-refractivity contribution in [2.45, 2.75) is 33.8 Å². The van der Waals surface area contributed by atoms with E-state index in [4.69, 9.17) is 14.2 Å². The summed E-state index contributed by atoms with van der Waals surface area (Å²) in [4.78, 5) is 12.1. The first kappa shape index (κ1) is 24.1. The second-order valence-corrected chi connectivity index (χ2v) is 8.15. The van der Waals surface area contributed by atoms with E-state index in [9.17, 15) is 4.79 Å². The highest BCUT2D eigenvalue weighted by Gasteiger charge is 2.25.